The second kappa shape index (κ2) is 9.34. The molecule has 0 aliphatic heterocycles. The Morgan fingerprint density at radius 3 is 2.41 bits per heavy atom. The Hall–Kier alpha value is -2.64. The maximum Gasteiger partial charge on any atom is 0.326 e. The van der Waals surface area contributed by atoms with Gasteiger partial charge in [-0.1, -0.05) is 23.2 Å². The third-order valence-corrected chi connectivity index (χ3v) is 3.91. The molecule has 0 aromatic heterocycles. The number of nitrogens with one attached hydrogen (secondary N) is 2. The molecule has 2 amide bonds. The molecule has 2 aromatic rings. The number of esters is 1. The molecule has 0 radical (unpaired) electrons. The topological polar surface area (TPSA) is 84.5 Å². The largest absolute Gasteiger partial charge is 0.451 e. The molecule has 2 N–H and O–H groups in total. The summed E-state index contributed by atoms with van der Waals surface area (Å²) < 4.78 is 17.8. The highest BCUT2D eigenvalue weighted by atomic mass is 35.5. The first kappa shape index (κ1) is 20.7. The van der Waals surface area contributed by atoms with Crippen molar-refractivity contribution >= 4 is 46.7 Å². The first-order valence-electron chi connectivity index (χ1n) is 7.75. The highest BCUT2D eigenvalue weighted by molar-refractivity contribution is 6.36. The number of hydrogen-bond acceptors (Lipinski definition) is 4. The number of rotatable bonds is 6. The minimum Gasteiger partial charge on any atom is -0.451 e. The van der Waals surface area contributed by atoms with Crippen molar-refractivity contribution in [2.45, 2.75) is 13.0 Å². The summed E-state index contributed by atoms with van der Waals surface area (Å²) in [5.74, 6) is -2.46. The van der Waals surface area contributed by atoms with Gasteiger partial charge in [0.15, 0.2) is 6.10 Å². The Kier molecular flexibility index (Phi) is 7.15. The standard InChI is InChI=1S/C18H15Cl2FN2O4/c1-10(17(25)23-15-7-4-12(19)8-14(15)20)27-16(24)9-22-18(26)11-2-5-13(21)6-3-11/h2-8,10H,9H2,1H3,(H,22,26)(H,23,25)/t10-/m1/s1. The number of hydrogen-bond donors (Lipinski definition) is 2. The van der Waals surface area contributed by atoms with Crippen LogP contribution < -0.4 is 10.6 Å². The zero-order chi connectivity index (χ0) is 20.0. The van der Waals surface area contributed by atoms with E-state index in [4.69, 9.17) is 27.9 Å². The van der Waals surface area contributed by atoms with Gasteiger partial charge in [-0.15, -0.1) is 0 Å². The lowest BCUT2D eigenvalue weighted by molar-refractivity contribution is -0.152. The van der Waals surface area contributed by atoms with Crippen molar-refractivity contribution in [1.82, 2.24) is 5.32 Å². The molecular formula is C18H15Cl2FN2O4. The highest BCUT2D eigenvalue weighted by Gasteiger charge is 2.19. The molecule has 0 heterocycles. The molecule has 9 heteroatoms. The molecule has 0 bridgehead atoms. The Labute approximate surface area is 164 Å². The van der Waals surface area contributed by atoms with E-state index in [1.54, 1.807) is 6.07 Å². The molecule has 142 valence electrons. The molecule has 2 rings (SSSR count). The van der Waals surface area contributed by atoms with Gasteiger partial charge in [0, 0.05) is 10.6 Å². The molecule has 0 fully saturated rings. The Morgan fingerprint density at radius 1 is 1.11 bits per heavy atom. The van der Waals surface area contributed by atoms with Gasteiger partial charge in [-0.3, -0.25) is 14.4 Å². The Morgan fingerprint density at radius 2 is 1.78 bits per heavy atom. The molecule has 2 aromatic carbocycles. The number of amides is 2. The fourth-order valence-electron chi connectivity index (χ4n) is 1.97. The van der Waals surface area contributed by atoms with Crippen molar-refractivity contribution in [2.24, 2.45) is 0 Å². The van der Waals surface area contributed by atoms with Crippen molar-refractivity contribution in [1.29, 1.82) is 0 Å². The third kappa shape index (κ3) is 6.23. The van der Waals surface area contributed by atoms with Gasteiger partial charge in [-0.25, -0.2) is 4.39 Å². The van der Waals surface area contributed by atoms with Crippen molar-refractivity contribution in [3.63, 3.8) is 0 Å². The number of carbonyl (C=O) groups excluding carboxylic acids is 3. The normalized spacial score (nSPS) is 11.4. The smallest absolute Gasteiger partial charge is 0.326 e. The average Bonchev–Trinajstić information content (AvgIpc) is 2.62. The van der Waals surface area contributed by atoms with E-state index in [0.717, 1.165) is 12.1 Å². The zero-order valence-electron chi connectivity index (χ0n) is 14.1. The third-order valence-electron chi connectivity index (χ3n) is 3.37. The van der Waals surface area contributed by atoms with Gasteiger partial charge in [0.05, 0.1) is 10.7 Å². The van der Waals surface area contributed by atoms with E-state index in [2.05, 4.69) is 10.6 Å². The lowest BCUT2D eigenvalue weighted by atomic mass is 10.2. The first-order valence-corrected chi connectivity index (χ1v) is 8.51. The van der Waals surface area contributed by atoms with Crippen LogP contribution in [0.5, 0.6) is 0 Å². The van der Waals surface area contributed by atoms with Crippen LogP contribution in [0.4, 0.5) is 10.1 Å². The SMILES string of the molecule is C[C@@H](OC(=O)CNC(=O)c1ccc(F)cc1)C(=O)Nc1ccc(Cl)cc1Cl. The predicted octanol–water partition coefficient (Wildman–Crippen LogP) is 3.43. The summed E-state index contributed by atoms with van der Waals surface area (Å²) in [4.78, 5) is 35.7. The van der Waals surface area contributed by atoms with E-state index >= 15 is 0 Å². The highest BCUT2D eigenvalue weighted by Crippen LogP contribution is 2.25. The van der Waals surface area contributed by atoms with E-state index in [-0.39, 0.29) is 10.6 Å². The minimum atomic E-state index is -1.12. The summed E-state index contributed by atoms with van der Waals surface area (Å²) in [5, 5.41) is 5.48. The molecule has 0 saturated heterocycles. The van der Waals surface area contributed by atoms with Gasteiger partial charge in [0.2, 0.25) is 0 Å². The van der Waals surface area contributed by atoms with Crippen molar-refractivity contribution < 1.29 is 23.5 Å². The van der Waals surface area contributed by atoms with Crippen LogP contribution in [0.15, 0.2) is 42.5 Å². The van der Waals surface area contributed by atoms with Crippen molar-refractivity contribution in [3.8, 4) is 0 Å². The van der Waals surface area contributed by atoms with E-state index in [1.165, 1.54) is 31.2 Å². The molecule has 1 atom stereocenters. The Balaban J connectivity index is 1.82. The lowest BCUT2D eigenvalue weighted by Crippen LogP contribution is -2.35. The van der Waals surface area contributed by atoms with Gasteiger partial charge in [-0.2, -0.15) is 0 Å². The fraction of sp³-hybridized carbons (Fsp3) is 0.167. The molecule has 0 unspecified atom stereocenters. The van der Waals surface area contributed by atoms with Crippen LogP contribution in [-0.4, -0.2) is 30.4 Å². The minimum absolute atomic E-state index is 0.187. The predicted molar refractivity (Wildman–Crippen MR) is 99.4 cm³/mol. The number of carbonyl (C=O) groups is 3. The fourth-order valence-corrected chi connectivity index (χ4v) is 2.43. The average molecular weight is 413 g/mol. The second-order valence-electron chi connectivity index (χ2n) is 5.44. The molecule has 0 aliphatic carbocycles. The summed E-state index contributed by atoms with van der Waals surface area (Å²) >= 11 is 11.7. The van der Waals surface area contributed by atoms with Crippen LogP contribution in [0.25, 0.3) is 0 Å². The second-order valence-corrected chi connectivity index (χ2v) is 6.28. The van der Waals surface area contributed by atoms with Crippen molar-refractivity contribution in [3.05, 3.63) is 63.9 Å². The quantitative estimate of drug-likeness (QED) is 0.711. The summed E-state index contributed by atoms with van der Waals surface area (Å²) in [7, 11) is 0. The van der Waals surface area contributed by atoms with Gasteiger partial charge >= 0.3 is 5.97 Å². The van der Waals surface area contributed by atoms with Crippen molar-refractivity contribution in [2.75, 3.05) is 11.9 Å². The van der Waals surface area contributed by atoms with Crippen LogP contribution >= 0.6 is 23.2 Å². The maximum atomic E-state index is 12.8. The molecule has 0 aliphatic rings. The van der Waals surface area contributed by atoms with Gasteiger partial charge in [0.1, 0.15) is 12.4 Å². The van der Waals surface area contributed by atoms with Crippen LogP contribution in [-0.2, 0) is 14.3 Å². The van der Waals surface area contributed by atoms with Crippen LogP contribution in [0.1, 0.15) is 17.3 Å². The lowest BCUT2D eigenvalue weighted by Gasteiger charge is -2.14. The van der Waals surface area contributed by atoms with E-state index in [9.17, 15) is 18.8 Å². The monoisotopic (exact) mass is 412 g/mol. The summed E-state index contributed by atoms with van der Waals surface area (Å²) in [6.45, 7) is 0.925. The van der Waals surface area contributed by atoms with Crippen LogP contribution in [0.2, 0.25) is 10.0 Å². The van der Waals surface area contributed by atoms with Crippen LogP contribution in [0.3, 0.4) is 0 Å². The van der Waals surface area contributed by atoms with Gasteiger partial charge in [-0.05, 0) is 49.4 Å². The summed E-state index contributed by atoms with van der Waals surface area (Å²) in [5.41, 5.74) is 0.506. The van der Waals surface area contributed by atoms with Gasteiger partial charge in [0.25, 0.3) is 11.8 Å². The molecule has 0 saturated carbocycles. The number of halogens is 3. The van der Waals surface area contributed by atoms with Gasteiger partial charge < -0.3 is 15.4 Å². The summed E-state index contributed by atoms with van der Waals surface area (Å²) in [6, 6.07) is 9.33. The van der Waals surface area contributed by atoms with E-state index in [1.807, 2.05) is 0 Å². The maximum absolute atomic E-state index is 12.8. The number of ether oxygens (including phenoxy) is 1. The Bertz CT molecular complexity index is 859. The number of anilines is 1. The molecule has 27 heavy (non-hydrogen) atoms. The zero-order valence-corrected chi connectivity index (χ0v) is 15.6. The first-order chi connectivity index (χ1) is 12.8. The number of benzene rings is 2. The van der Waals surface area contributed by atoms with E-state index in [0.29, 0.717) is 10.7 Å². The van der Waals surface area contributed by atoms with Crippen LogP contribution in [0, 0.1) is 5.82 Å². The molecular weight excluding hydrogens is 398 g/mol. The molecule has 6 nitrogen and oxygen atoms in total. The van der Waals surface area contributed by atoms with E-state index < -0.39 is 36.2 Å². The summed E-state index contributed by atoms with van der Waals surface area (Å²) in [6.07, 6.45) is -1.12. The molecule has 0 spiro atoms.